The molecule has 2 heterocycles. The number of guanidine groups is 1. The van der Waals surface area contributed by atoms with E-state index in [0.717, 1.165) is 44.0 Å². The van der Waals surface area contributed by atoms with Crippen LogP contribution in [-0.2, 0) is 11.2 Å². The van der Waals surface area contributed by atoms with Gasteiger partial charge in [0.15, 0.2) is 11.7 Å². The highest BCUT2D eigenvalue weighted by atomic mass is 16.3. The number of aliphatic imine (C=N–C) groups is 1. The van der Waals surface area contributed by atoms with Crippen LogP contribution in [0.5, 0.6) is 0 Å². The highest BCUT2D eigenvalue weighted by Gasteiger charge is 2.28. The summed E-state index contributed by atoms with van der Waals surface area (Å²) >= 11 is 0. The lowest BCUT2D eigenvalue weighted by Crippen LogP contribution is -2.47. The molecule has 9 nitrogen and oxygen atoms in total. The van der Waals surface area contributed by atoms with E-state index >= 15 is 0 Å². The number of aromatic nitrogens is 3. The summed E-state index contributed by atoms with van der Waals surface area (Å²) in [7, 11) is 0. The van der Waals surface area contributed by atoms with Crippen molar-refractivity contribution in [3.05, 3.63) is 24.2 Å². The lowest BCUT2D eigenvalue weighted by atomic mass is 9.85. The molecule has 9 heteroatoms. The van der Waals surface area contributed by atoms with Crippen LogP contribution in [0.3, 0.4) is 0 Å². The Bertz CT molecular complexity index is 813. The zero-order valence-electron chi connectivity index (χ0n) is 18.1. The second-order valence-electron chi connectivity index (χ2n) is 7.96. The third-order valence-corrected chi connectivity index (χ3v) is 5.05. The predicted molar refractivity (Wildman–Crippen MR) is 116 cm³/mol. The van der Waals surface area contributed by atoms with E-state index in [0.29, 0.717) is 24.6 Å². The van der Waals surface area contributed by atoms with Crippen LogP contribution in [0.2, 0.25) is 0 Å². The first kappa shape index (κ1) is 21.9. The van der Waals surface area contributed by atoms with Gasteiger partial charge >= 0.3 is 0 Å². The van der Waals surface area contributed by atoms with Crippen molar-refractivity contribution in [3.8, 4) is 11.6 Å². The van der Waals surface area contributed by atoms with Gasteiger partial charge in [0, 0.05) is 37.5 Å². The Balaban J connectivity index is 1.52. The molecule has 164 valence electrons. The van der Waals surface area contributed by atoms with Crippen molar-refractivity contribution < 1.29 is 9.21 Å². The number of nitrogens with one attached hydrogen (secondary N) is 4. The first-order valence-electron chi connectivity index (χ1n) is 10.9. The lowest BCUT2D eigenvalue weighted by Gasteiger charge is -2.30. The van der Waals surface area contributed by atoms with Gasteiger partial charge in [-0.2, -0.15) is 5.10 Å². The second kappa shape index (κ2) is 10.8. The van der Waals surface area contributed by atoms with Gasteiger partial charge < -0.3 is 20.4 Å². The molecule has 1 fully saturated rings. The molecule has 4 N–H and O–H groups in total. The van der Waals surface area contributed by atoms with Gasteiger partial charge in [-0.1, -0.05) is 6.42 Å². The number of carbonyl (C=O) groups excluding carboxylic acids is 1. The lowest BCUT2D eigenvalue weighted by molar-refractivity contribution is -0.126. The second-order valence-corrected chi connectivity index (χ2v) is 7.96. The van der Waals surface area contributed by atoms with Crippen LogP contribution in [0.4, 0.5) is 0 Å². The smallest absolute Gasteiger partial charge is 0.223 e. The van der Waals surface area contributed by atoms with Gasteiger partial charge in [-0.3, -0.25) is 14.9 Å². The maximum Gasteiger partial charge on any atom is 0.223 e. The van der Waals surface area contributed by atoms with Crippen LogP contribution >= 0.6 is 0 Å². The largest absolute Gasteiger partial charge is 0.461 e. The van der Waals surface area contributed by atoms with E-state index in [2.05, 4.69) is 36.1 Å². The number of hydrogen-bond acceptors (Lipinski definition) is 5. The first-order chi connectivity index (χ1) is 14.5. The van der Waals surface area contributed by atoms with Crippen molar-refractivity contribution >= 4 is 11.9 Å². The summed E-state index contributed by atoms with van der Waals surface area (Å²) in [5.41, 5.74) is 0. The molecule has 0 saturated heterocycles. The molecule has 2 atom stereocenters. The highest BCUT2D eigenvalue weighted by Crippen LogP contribution is 2.24. The molecule has 0 spiro atoms. The summed E-state index contributed by atoms with van der Waals surface area (Å²) in [4.78, 5) is 21.5. The van der Waals surface area contributed by atoms with Crippen LogP contribution < -0.4 is 16.0 Å². The number of carbonyl (C=O) groups is 1. The molecule has 2 unspecified atom stereocenters. The number of furan rings is 1. The van der Waals surface area contributed by atoms with Crippen molar-refractivity contribution in [3.63, 3.8) is 0 Å². The third-order valence-electron chi connectivity index (χ3n) is 5.05. The average Bonchev–Trinajstić information content (AvgIpc) is 3.40. The van der Waals surface area contributed by atoms with Crippen molar-refractivity contribution in [1.29, 1.82) is 0 Å². The average molecular weight is 416 g/mol. The third kappa shape index (κ3) is 6.33. The Morgan fingerprint density at radius 2 is 2.27 bits per heavy atom. The SMILES string of the molecule is CCNC(=NCCc1nc(-c2ccco2)n[nH]1)NC1CCCC(C(=O)NC(C)C)C1. The van der Waals surface area contributed by atoms with E-state index < -0.39 is 0 Å². The van der Waals surface area contributed by atoms with Crippen LogP contribution in [0.15, 0.2) is 27.8 Å². The number of amides is 1. The molecular weight excluding hydrogens is 382 g/mol. The van der Waals surface area contributed by atoms with Crippen molar-refractivity contribution in [2.75, 3.05) is 13.1 Å². The molecule has 1 amide bonds. The maximum absolute atomic E-state index is 12.4. The molecule has 0 radical (unpaired) electrons. The standard InChI is InChI=1S/C21H33N7O2/c1-4-22-21(25-16-8-5-7-15(13-16)20(29)24-14(2)3)23-11-10-18-26-19(28-27-18)17-9-6-12-30-17/h6,9,12,14-16H,4-5,7-8,10-11,13H2,1-3H3,(H,24,29)(H2,22,23,25)(H,26,27,28). The predicted octanol–water partition coefficient (Wildman–Crippen LogP) is 2.25. The molecule has 3 rings (SSSR count). The molecule has 0 bridgehead atoms. The Morgan fingerprint density at radius 1 is 1.40 bits per heavy atom. The van der Waals surface area contributed by atoms with Crippen LogP contribution in [0, 0.1) is 5.92 Å². The molecule has 1 saturated carbocycles. The van der Waals surface area contributed by atoms with E-state index in [-0.39, 0.29) is 23.9 Å². The topological polar surface area (TPSA) is 120 Å². The fraction of sp³-hybridized carbons (Fsp3) is 0.619. The highest BCUT2D eigenvalue weighted by molar-refractivity contribution is 5.81. The summed E-state index contributed by atoms with van der Waals surface area (Å²) in [5, 5.41) is 17.0. The summed E-state index contributed by atoms with van der Waals surface area (Å²) in [6.45, 7) is 7.40. The molecular formula is C21H33N7O2. The number of H-pyrrole nitrogens is 1. The zero-order chi connectivity index (χ0) is 21.3. The van der Waals surface area contributed by atoms with E-state index in [4.69, 9.17) is 4.42 Å². The minimum absolute atomic E-state index is 0.0655. The number of nitrogens with zero attached hydrogens (tertiary/aromatic N) is 3. The van der Waals surface area contributed by atoms with E-state index in [1.165, 1.54) is 0 Å². The van der Waals surface area contributed by atoms with Gasteiger partial charge in [-0.25, -0.2) is 4.98 Å². The Labute approximate surface area is 177 Å². The minimum atomic E-state index is 0.0655. The van der Waals surface area contributed by atoms with Gasteiger partial charge in [0.2, 0.25) is 11.7 Å². The fourth-order valence-electron chi connectivity index (χ4n) is 3.67. The molecule has 1 aliphatic rings. The van der Waals surface area contributed by atoms with Crippen molar-refractivity contribution in [1.82, 2.24) is 31.1 Å². The molecule has 0 aliphatic heterocycles. The Kier molecular flexibility index (Phi) is 7.87. The number of aromatic amines is 1. The normalized spacial score (nSPS) is 19.7. The Hall–Kier alpha value is -2.84. The quantitative estimate of drug-likeness (QED) is 0.388. The van der Waals surface area contributed by atoms with Crippen LogP contribution in [0.25, 0.3) is 11.6 Å². The van der Waals surface area contributed by atoms with E-state index in [1.807, 2.05) is 32.9 Å². The van der Waals surface area contributed by atoms with Gasteiger partial charge in [0.1, 0.15) is 5.82 Å². The minimum Gasteiger partial charge on any atom is -0.461 e. The number of rotatable bonds is 8. The molecule has 2 aromatic rings. The van der Waals surface area contributed by atoms with Gasteiger partial charge in [-0.15, -0.1) is 0 Å². The van der Waals surface area contributed by atoms with Gasteiger partial charge in [0.25, 0.3) is 0 Å². The molecule has 0 aromatic carbocycles. The van der Waals surface area contributed by atoms with Crippen LogP contribution in [-0.4, -0.2) is 52.2 Å². The summed E-state index contributed by atoms with van der Waals surface area (Å²) < 4.78 is 5.32. The van der Waals surface area contributed by atoms with Crippen molar-refractivity contribution in [2.45, 2.75) is 65.0 Å². The maximum atomic E-state index is 12.4. The monoisotopic (exact) mass is 415 g/mol. The van der Waals surface area contributed by atoms with Gasteiger partial charge in [-0.05, 0) is 52.2 Å². The first-order valence-corrected chi connectivity index (χ1v) is 10.9. The fourth-order valence-corrected chi connectivity index (χ4v) is 3.67. The molecule has 2 aromatic heterocycles. The van der Waals surface area contributed by atoms with Crippen LogP contribution in [0.1, 0.15) is 52.3 Å². The zero-order valence-corrected chi connectivity index (χ0v) is 18.1. The molecule has 30 heavy (non-hydrogen) atoms. The Morgan fingerprint density at radius 3 is 3.00 bits per heavy atom. The summed E-state index contributed by atoms with van der Waals surface area (Å²) in [6.07, 6.45) is 6.12. The number of hydrogen-bond donors (Lipinski definition) is 4. The van der Waals surface area contributed by atoms with Gasteiger partial charge in [0.05, 0.1) is 6.26 Å². The summed E-state index contributed by atoms with van der Waals surface area (Å²) in [5.74, 6) is 2.97. The van der Waals surface area contributed by atoms with E-state index in [9.17, 15) is 4.79 Å². The van der Waals surface area contributed by atoms with Crippen molar-refractivity contribution in [2.24, 2.45) is 10.9 Å². The molecule has 1 aliphatic carbocycles. The van der Waals surface area contributed by atoms with E-state index in [1.54, 1.807) is 6.26 Å². The summed E-state index contributed by atoms with van der Waals surface area (Å²) in [6, 6.07) is 4.06.